The molecule has 1 aromatic carbocycles. The second-order valence-electron chi connectivity index (χ2n) is 4.20. The van der Waals surface area contributed by atoms with Crippen LogP contribution in [0.5, 0.6) is 0 Å². The standard InChI is InChI=1S/C13H14N2O3/c1-15(13(17)18)5-4-9-2-3-11-10(8-16)7-14-12(11)6-9/h2-3,6-8,14H,4-5H2,1H3,(H,17,18). The number of aldehydes is 1. The summed E-state index contributed by atoms with van der Waals surface area (Å²) in [5.41, 5.74) is 2.57. The first kappa shape index (κ1) is 12.2. The fourth-order valence-corrected chi connectivity index (χ4v) is 1.84. The molecule has 1 amide bonds. The average Bonchev–Trinajstić information content (AvgIpc) is 2.77. The molecule has 0 saturated carbocycles. The van der Waals surface area contributed by atoms with Gasteiger partial charge in [0.1, 0.15) is 0 Å². The topological polar surface area (TPSA) is 73.4 Å². The first-order chi connectivity index (χ1) is 8.61. The fraction of sp³-hybridized carbons (Fsp3) is 0.231. The van der Waals surface area contributed by atoms with Gasteiger partial charge >= 0.3 is 6.09 Å². The van der Waals surface area contributed by atoms with Crippen molar-refractivity contribution in [1.82, 2.24) is 9.88 Å². The smallest absolute Gasteiger partial charge is 0.407 e. The quantitative estimate of drug-likeness (QED) is 0.811. The number of aromatic nitrogens is 1. The lowest BCUT2D eigenvalue weighted by Crippen LogP contribution is -2.26. The molecule has 5 heteroatoms. The van der Waals surface area contributed by atoms with E-state index in [1.165, 1.54) is 4.90 Å². The largest absolute Gasteiger partial charge is 0.465 e. The Balaban J connectivity index is 2.15. The minimum Gasteiger partial charge on any atom is -0.465 e. The predicted octanol–water partition coefficient (Wildman–Crippen LogP) is 2.13. The van der Waals surface area contributed by atoms with Gasteiger partial charge in [0.15, 0.2) is 6.29 Å². The van der Waals surface area contributed by atoms with E-state index < -0.39 is 6.09 Å². The minimum absolute atomic E-state index is 0.447. The van der Waals surface area contributed by atoms with Crippen molar-refractivity contribution in [2.75, 3.05) is 13.6 Å². The van der Waals surface area contributed by atoms with Crippen molar-refractivity contribution in [3.05, 3.63) is 35.5 Å². The van der Waals surface area contributed by atoms with E-state index in [4.69, 9.17) is 5.11 Å². The van der Waals surface area contributed by atoms with Crippen molar-refractivity contribution < 1.29 is 14.7 Å². The van der Waals surface area contributed by atoms with E-state index in [-0.39, 0.29) is 0 Å². The highest BCUT2D eigenvalue weighted by Crippen LogP contribution is 2.18. The molecule has 2 rings (SSSR count). The average molecular weight is 246 g/mol. The van der Waals surface area contributed by atoms with Gasteiger partial charge < -0.3 is 15.0 Å². The van der Waals surface area contributed by atoms with E-state index in [2.05, 4.69) is 4.98 Å². The normalized spacial score (nSPS) is 10.5. The van der Waals surface area contributed by atoms with E-state index >= 15 is 0 Å². The molecule has 1 heterocycles. The Bertz CT molecular complexity index is 589. The van der Waals surface area contributed by atoms with E-state index in [0.717, 1.165) is 22.8 Å². The van der Waals surface area contributed by atoms with Gasteiger partial charge in [-0.15, -0.1) is 0 Å². The molecule has 0 aliphatic rings. The van der Waals surface area contributed by atoms with E-state index in [1.807, 2.05) is 18.2 Å². The molecule has 94 valence electrons. The third-order valence-electron chi connectivity index (χ3n) is 2.97. The zero-order valence-electron chi connectivity index (χ0n) is 10.0. The van der Waals surface area contributed by atoms with Crippen molar-refractivity contribution in [2.24, 2.45) is 0 Å². The number of nitrogens with one attached hydrogen (secondary N) is 1. The number of aromatic amines is 1. The molecule has 0 bridgehead atoms. The molecule has 2 aromatic rings. The van der Waals surface area contributed by atoms with E-state index in [0.29, 0.717) is 18.5 Å². The zero-order chi connectivity index (χ0) is 13.1. The molecule has 0 fully saturated rings. The van der Waals surface area contributed by atoms with Crippen LogP contribution in [0.1, 0.15) is 15.9 Å². The monoisotopic (exact) mass is 246 g/mol. The van der Waals surface area contributed by atoms with Crippen LogP contribution in [0.15, 0.2) is 24.4 Å². The number of hydrogen-bond acceptors (Lipinski definition) is 2. The summed E-state index contributed by atoms with van der Waals surface area (Å²) in [7, 11) is 1.54. The Labute approximate surface area is 104 Å². The summed E-state index contributed by atoms with van der Waals surface area (Å²) in [5, 5.41) is 9.64. The first-order valence-electron chi connectivity index (χ1n) is 5.61. The van der Waals surface area contributed by atoms with Crippen molar-refractivity contribution >= 4 is 23.3 Å². The van der Waals surface area contributed by atoms with Crippen molar-refractivity contribution in [3.8, 4) is 0 Å². The lowest BCUT2D eigenvalue weighted by molar-refractivity contribution is 0.112. The molecule has 0 aliphatic carbocycles. The van der Waals surface area contributed by atoms with Crippen LogP contribution in [0.2, 0.25) is 0 Å². The maximum Gasteiger partial charge on any atom is 0.407 e. The van der Waals surface area contributed by atoms with Crippen LogP contribution in [-0.4, -0.2) is 41.0 Å². The second-order valence-corrected chi connectivity index (χ2v) is 4.20. The summed E-state index contributed by atoms with van der Waals surface area (Å²) in [5.74, 6) is 0. The highest BCUT2D eigenvalue weighted by Gasteiger charge is 2.07. The summed E-state index contributed by atoms with van der Waals surface area (Å²) < 4.78 is 0. The number of H-pyrrole nitrogens is 1. The molecule has 1 aromatic heterocycles. The number of carboxylic acid groups (broad SMARTS) is 1. The summed E-state index contributed by atoms with van der Waals surface area (Å²) in [4.78, 5) is 25.7. The number of nitrogens with zero attached hydrogens (tertiary/aromatic N) is 1. The van der Waals surface area contributed by atoms with Crippen molar-refractivity contribution in [1.29, 1.82) is 0 Å². The van der Waals surface area contributed by atoms with Gasteiger partial charge in [0.05, 0.1) is 0 Å². The molecule has 0 saturated heterocycles. The number of likely N-dealkylation sites (N-methyl/N-ethyl adjacent to an activating group) is 1. The number of carbonyl (C=O) groups is 2. The summed E-state index contributed by atoms with van der Waals surface area (Å²) in [6.07, 6.45) is 2.20. The van der Waals surface area contributed by atoms with Gasteiger partial charge in [-0.3, -0.25) is 4.79 Å². The van der Waals surface area contributed by atoms with Gasteiger partial charge in [-0.2, -0.15) is 0 Å². The summed E-state index contributed by atoms with van der Waals surface area (Å²) in [6, 6.07) is 5.74. The SMILES string of the molecule is CN(CCc1ccc2c(C=O)c[nH]c2c1)C(=O)O. The Morgan fingerprint density at radius 2 is 2.28 bits per heavy atom. The molecule has 2 N–H and O–H groups in total. The van der Waals surface area contributed by atoms with Gasteiger partial charge in [0.2, 0.25) is 0 Å². The predicted molar refractivity (Wildman–Crippen MR) is 68.0 cm³/mol. The van der Waals surface area contributed by atoms with Crippen LogP contribution in [0.3, 0.4) is 0 Å². The Morgan fingerprint density at radius 1 is 1.50 bits per heavy atom. The second kappa shape index (κ2) is 4.91. The zero-order valence-corrected chi connectivity index (χ0v) is 10.0. The maximum absolute atomic E-state index is 10.8. The van der Waals surface area contributed by atoms with Crippen LogP contribution >= 0.6 is 0 Å². The Morgan fingerprint density at radius 3 is 2.94 bits per heavy atom. The lowest BCUT2D eigenvalue weighted by Gasteiger charge is -2.12. The third kappa shape index (κ3) is 2.34. The van der Waals surface area contributed by atoms with Gasteiger partial charge in [-0.05, 0) is 18.1 Å². The molecule has 0 aliphatic heterocycles. The molecule has 0 unspecified atom stereocenters. The van der Waals surface area contributed by atoms with Gasteiger partial charge in [-0.1, -0.05) is 12.1 Å². The summed E-state index contributed by atoms with van der Waals surface area (Å²) >= 11 is 0. The van der Waals surface area contributed by atoms with E-state index in [1.54, 1.807) is 13.2 Å². The highest BCUT2D eigenvalue weighted by molar-refractivity contribution is 5.97. The van der Waals surface area contributed by atoms with Crippen LogP contribution in [0, 0.1) is 0 Å². The highest BCUT2D eigenvalue weighted by atomic mass is 16.4. The molecular formula is C13H14N2O3. The molecule has 18 heavy (non-hydrogen) atoms. The van der Waals surface area contributed by atoms with Gasteiger partial charge in [0, 0.05) is 36.3 Å². The van der Waals surface area contributed by atoms with Crippen LogP contribution in [0.4, 0.5) is 4.79 Å². The van der Waals surface area contributed by atoms with Crippen LogP contribution in [0.25, 0.3) is 10.9 Å². The number of fused-ring (bicyclic) bond motifs is 1. The van der Waals surface area contributed by atoms with Crippen molar-refractivity contribution in [3.63, 3.8) is 0 Å². The van der Waals surface area contributed by atoms with Crippen LogP contribution < -0.4 is 0 Å². The minimum atomic E-state index is -0.931. The molecule has 5 nitrogen and oxygen atoms in total. The summed E-state index contributed by atoms with van der Waals surface area (Å²) in [6.45, 7) is 0.447. The van der Waals surface area contributed by atoms with Gasteiger partial charge in [0.25, 0.3) is 0 Å². The Hall–Kier alpha value is -2.30. The third-order valence-corrected chi connectivity index (χ3v) is 2.97. The maximum atomic E-state index is 10.8. The number of benzene rings is 1. The van der Waals surface area contributed by atoms with Crippen molar-refractivity contribution in [2.45, 2.75) is 6.42 Å². The first-order valence-corrected chi connectivity index (χ1v) is 5.61. The molecule has 0 radical (unpaired) electrons. The van der Waals surface area contributed by atoms with Crippen LogP contribution in [-0.2, 0) is 6.42 Å². The molecule has 0 spiro atoms. The number of amides is 1. The number of rotatable bonds is 4. The lowest BCUT2D eigenvalue weighted by atomic mass is 10.1. The van der Waals surface area contributed by atoms with Gasteiger partial charge in [-0.25, -0.2) is 4.79 Å². The molecular weight excluding hydrogens is 232 g/mol. The fourth-order valence-electron chi connectivity index (χ4n) is 1.84. The number of carbonyl (C=O) groups excluding carboxylic acids is 1. The molecule has 0 atom stereocenters. The van der Waals surface area contributed by atoms with E-state index in [9.17, 15) is 9.59 Å². The Kier molecular flexibility index (Phi) is 3.32. The number of hydrogen-bond donors (Lipinski definition) is 2.